The third-order valence-electron chi connectivity index (χ3n) is 3.81. The average molecular weight is 283 g/mol. The summed E-state index contributed by atoms with van der Waals surface area (Å²) in [5.74, 6) is -0.0896. The topological polar surface area (TPSA) is 74.2 Å². The first kappa shape index (κ1) is 14.3. The average Bonchev–Trinajstić information content (AvgIpc) is 2.99. The molecule has 1 aliphatic carbocycles. The van der Waals surface area contributed by atoms with Crippen LogP contribution in [0.2, 0.25) is 0 Å². The van der Waals surface area contributed by atoms with E-state index in [4.69, 9.17) is 0 Å². The SMILES string of the molecule is CCNc1ncc(C(=O)NC2CCCC2(C)CO)s1. The fourth-order valence-corrected chi connectivity index (χ4v) is 3.30. The zero-order valence-corrected chi connectivity index (χ0v) is 12.2. The van der Waals surface area contributed by atoms with Crippen LogP contribution in [0.1, 0.15) is 42.8 Å². The van der Waals surface area contributed by atoms with Gasteiger partial charge in [0.05, 0.1) is 12.8 Å². The van der Waals surface area contributed by atoms with E-state index >= 15 is 0 Å². The van der Waals surface area contributed by atoms with Crippen LogP contribution >= 0.6 is 11.3 Å². The van der Waals surface area contributed by atoms with Crippen molar-refractivity contribution < 1.29 is 9.90 Å². The maximum Gasteiger partial charge on any atom is 0.263 e. The van der Waals surface area contributed by atoms with Gasteiger partial charge in [0, 0.05) is 18.0 Å². The minimum absolute atomic E-state index is 0.0506. The number of anilines is 1. The summed E-state index contributed by atoms with van der Waals surface area (Å²) in [6.45, 7) is 4.93. The quantitative estimate of drug-likeness (QED) is 0.771. The van der Waals surface area contributed by atoms with Gasteiger partial charge in [-0.25, -0.2) is 4.98 Å². The summed E-state index contributed by atoms with van der Waals surface area (Å²) in [5, 5.41) is 16.4. The van der Waals surface area contributed by atoms with Gasteiger partial charge in [0.25, 0.3) is 5.91 Å². The fraction of sp³-hybridized carbons (Fsp3) is 0.692. The predicted octanol–water partition coefficient (Wildman–Crippen LogP) is 1.86. The van der Waals surface area contributed by atoms with Gasteiger partial charge in [-0.15, -0.1) is 0 Å². The molecule has 6 heteroatoms. The van der Waals surface area contributed by atoms with Crippen LogP contribution in [0.15, 0.2) is 6.20 Å². The molecule has 0 aliphatic heterocycles. The van der Waals surface area contributed by atoms with E-state index in [0.29, 0.717) is 4.88 Å². The molecule has 0 radical (unpaired) electrons. The molecule has 0 bridgehead atoms. The van der Waals surface area contributed by atoms with Crippen LogP contribution in [0.3, 0.4) is 0 Å². The Balaban J connectivity index is 2.00. The largest absolute Gasteiger partial charge is 0.396 e. The van der Waals surface area contributed by atoms with Gasteiger partial charge >= 0.3 is 0 Å². The summed E-state index contributed by atoms with van der Waals surface area (Å²) in [4.78, 5) is 16.9. The molecule has 1 aromatic rings. The molecule has 2 rings (SSSR count). The van der Waals surface area contributed by atoms with Gasteiger partial charge in [-0.3, -0.25) is 4.79 Å². The molecule has 1 fully saturated rings. The zero-order valence-electron chi connectivity index (χ0n) is 11.4. The molecular formula is C13H21N3O2S. The summed E-state index contributed by atoms with van der Waals surface area (Å²) in [6, 6.07) is 0.0506. The Hall–Kier alpha value is -1.14. The number of hydrogen-bond donors (Lipinski definition) is 3. The van der Waals surface area contributed by atoms with Gasteiger partial charge in [-0.2, -0.15) is 0 Å². The molecular weight excluding hydrogens is 262 g/mol. The van der Waals surface area contributed by atoms with E-state index in [1.54, 1.807) is 6.20 Å². The van der Waals surface area contributed by atoms with Crippen molar-refractivity contribution in [2.24, 2.45) is 5.41 Å². The van der Waals surface area contributed by atoms with E-state index in [2.05, 4.69) is 15.6 Å². The van der Waals surface area contributed by atoms with E-state index < -0.39 is 0 Å². The third kappa shape index (κ3) is 3.06. The normalized spacial score (nSPS) is 26.4. The second kappa shape index (κ2) is 5.88. The molecule has 2 unspecified atom stereocenters. The first-order valence-corrected chi connectivity index (χ1v) is 7.52. The number of aliphatic hydroxyl groups excluding tert-OH is 1. The summed E-state index contributed by atoms with van der Waals surface area (Å²) in [7, 11) is 0. The highest BCUT2D eigenvalue weighted by Crippen LogP contribution is 2.37. The minimum Gasteiger partial charge on any atom is -0.396 e. The maximum atomic E-state index is 12.2. The van der Waals surface area contributed by atoms with E-state index in [-0.39, 0.29) is 24.0 Å². The lowest BCUT2D eigenvalue weighted by molar-refractivity contribution is 0.0834. The van der Waals surface area contributed by atoms with E-state index in [1.165, 1.54) is 11.3 Å². The Morgan fingerprint density at radius 1 is 1.68 bits per heavy atom. The van der Waals surface area contributed by atoms with Gasteiger partial charge in [-0.1, -0.05) is 24.7 Å². The van der Waals surface area contributed by atoms with Crippen LogP contribution in [0.25, 0.3) is 0 Å². The number of carbonyl (C=O) groups is 1. The highest BCUT2D eigenvalue weighted by Gasteiger charge is 2.39. The van der Waals surface area contributed by atoms with Crippen LogP contribution in [0, 0.1) is 5.41 Å². The first-order chi connectivity index (χ1) is 9.09. The fourth-order valence-electron chi connectivity index (χ4n) is 2.51. The molecule has 3 N–H and O–H groups in total. The van der Waals surface area contributed by atoms with Gasteiger partial charge in [0.1, 0.15) is 4.88 Å². The number of thiazole rings is 1. The summed E-state index contributed by atoms with van der Waals surface area (Å²) in [5.41, 5.74) is -0.190. The number of nitrogens with zero attached hydrogens (tertiary/aromatic N) is 1. The molecule has 1 saturated carbocycles. The summed E-state index contributed by atoms with van der Waals surface area (Å²) in [6.07, 6.45) is 4.54. The summed E-state index contributed by atoms with van der Waals surface area (Å²) < 4.78 is 0. The molecule has 2 atom stereocenters. The second-order valence-corrected chi connectivity index (χ2v) is 6.32. The lowest BCUT2D eigenvalue weighted by Crippen LogP contribution is -2.44. The van der Waals surface area contributed by atoms with Gasteiger partial charge in [0.2, 0.25) is 0 Å². The standard InChI is InChI=1S/C13H21N3O2S/c1-3-14-12-15-7-9(19-12)11(18)16-10-5-4-6-13(10,2)8-17/h7,10,17H,3-6,8H2,1-2H3,(H,14,15)(H,16,18). The Bertz CT molecular complexity index is 449. The molecule has 1 amide bonds. The van der Waals surface area contributed by atoms with Crippen molar-refractivity contribution in [2.45, 2.75) is 39.2 Å². The Kier molecular flexibility index (Phi) is 4.42. The van der Waals surface area contributed by atoms with Crippen molar-refractivity contribution in [2.75, 3.05) is 18.5 Å². The van der Waals surface area contributed by atoms with Crippen molar-refractivity contribution in [1.29, 1.82) is 0 Å². The number of amides is 1. The second-order valence-electron chi connectivity index (χ2n) is 5.29. The van der Waals surface area contributed by atoms with Crippen LogP contribution in [0.4, 0.5) is 5.13 Å². The third-order valence-corrected chi connectivity index (χ3v) is 4.76. The number of aromatic nitrogens is 1. The van der Waals surface area contributed by atoms with Crippen LogP contribution in [-0.4, -0.2) is 35.2 Å². The molecule has 0 saturated heterocycles. The monoisotopic (exact) mass is 283 g/mol. The van der Waals surface area contributed by atoms with Crippen molar-refractivity contribution in [1.82, 2.24) is 10.3 Å². The van der Waals surface area contributed by atoms with E-state index in [1.807, 2.05) is 13.8 Å². The molecule has 0 spiro atoms. The molecule has 5 nitrogen and oxygen atoms in total. The van der Waals surface area contributed by atoms with Crippen LogP contribution in [0.5, 0.6) is 0 Å². The van der Waals surface area contributed by atoms with Crippen molar-refractivity contribution in [3.8, 4) is 0 Å². The maximum absolute atomic E-state index is 12.2. The van der Waals surface area contributed by atoms with Gasteiger partial charge in [0.15, 0.2) is 5.13 Å². The van der Waals surface area contributed by atoms with Crippen LogP contribution in [-0.2, 0) is 0 Å². The number of rotatable bonds is 5. The number of carbonyl (C=O) groups excluding carboxylic acids is 1. The molecule has 106 valence electrons. The number of hydrogen-bond acceptors (Lipinski definition) is 5. The molecule has 1 heterocycles. The molecule has 19 heavy (non-hydrogen) atoms. The Morgan fingerprint density at radius 2 is 2.47 bits per heavy atom. The summed E-state index contributed by atoms with van der Waals surface area (Å²) >= 11 is 1.36. The molecule has 1 aliphatic rings. The van der Waals surface area contributed by atoms with Crippen molar-refractivity contribution >= 4 is 22.4 Å². The van der Waals surface area contributed by atoms with E-state index in [0.717, 1.165) is 30.9 Å². The van der Waals surface area contributed by atoms with Gasteiger partial charge < -0.3 is 15.7 Å². The zero-order chi connectivity index (χ0) is 13.9. The van der Waals surface area contributed by atoms with Crippen LogP contribution < -0.4 is 10.6 Å². The van der Waals surface area contributed by atoms with Crippen molar-refractivity contribution in [3.05, 3.63) is 11.1 Å². The van der Waals surface area contributed by atoms with Gasteiger partial charge in [-0.05, 0) is 19.8 Å². The highest BCUT2D eigenvalue weighted by atomic mass is 32.1. The first-order valence-electron chi connectivity index (χ1n) is 6.70. The Morgan fingerprint density at radius 3 is 3.16 bits per heavy atom. The number of nitrogens with one attached hydrogen (secondary N) is 2. The molecule has 0 aromatic carbocycles. The van der Waals surface area contributed by atoms with Crippen molar-refractivity contribution in [3.63, 3.8) is 0 Å². The lowest BCUT2D eigenvalue weighted by atomic mass is 9.86. The Labute approximate surface area is 117 Å². The van der Waals surface area contributed by atoms with E-state index in [9.17, 15) is 9.90 Å². The minimum atomic E-state index is -0.190. The molecule has 1 aromatic heterocycles. The smallest absolute Gasteiger partial charge is 0.263 e. The predicted molar refractivity (Wildman–Crippen MR) is 76.6 cm³/mol. The lowest BCUT2D eigenvalue weighted by Gasteiger charge is -2.29. The highest BCUT2D eigenvalue weighted by molar-refractivity contribution is 7.17. The number of aliphatic hydroxyl groups is 1.